The highest BCUT2D eigenvalue weighted by Crippen LogP contribution is 2.23. The number of aromatic nitrogens is 3. The Morgan fingerprint density at radius 3 is 2.56 bits per heavy atom. The molecule has 3 aromatic rings. The van der Waals surface area contributed by atoms with Crippen molar-refractivity contribution in [3.63, 3.8) is 0 Å². The van der Waals surface area contributed by atoms with Gasteiger partial charge in [0.25, 0.3) is 0 Å². The van der Waals surface area contributed by atoms with Crippen molar-refractivity contribution in [2.24, 2.45) is 0 Å². The van der Waals surface area contributed by atoms with Gasteiger partial charge in [-0.15, -0.1) is 10.2 Å². The summed E-state index contributed by atoms with van der Waals surface area (Å²) in [6, 6.07) is 17.9. The van der Waals surface area contributed by atoms with Gasteiger partial charge in [0.1, 0.15) is 5.75 Å². The van der Waals surface area contributed by atoms with E-state index in [1.807, 2.05) is 49.4 Å². The van der Waals surface area contributed by atoms with Crippen molar-refractivity contribution in [3.8, 4) is 17.1 Å². The minimum atomic E-state index is 0.637. The molecule has 0 fully saturated rings. The van der Waals surface area contributed by atoms with Crippen molar-refractivity contribution < 1.29 is 4.74 Å². The van der Waals surface area contributed by atoms with Gasteiger partial charge in [-0.05, 0) is 36.8 Å². The Morgan fingerprint density at radius 1 is 1.08 bits per heavy atom. The van der Waals surface area contributed by atoms with E-state index in [-0.39, 0.29) is 0 Å². The van der Waals surface area contributed by atoms with E-state index in [0.29, 0.717) is 17.6 Å². The van der Waals surface area contributed by atoms with Gasteiger partial charge in [0.2, 0.25) is 5.16 Å². The number of thioether (sulfide) groups is 1. The number of benzene rings is 2. The average Bonchev–Trinajstić information content (AvgIpc) is 3.01. The third-order valence-electron chi connectivity index (χ3n) is 3.51. The number of nitrogens with two attached hydrogens (primary N) is 1. The van der Waals surface area contributed by atoms with Crippen LogP contribution >= 0.6 is 11.8 Å². The lowest BCUT2D eigenvalue weighted by atomic mass is 10.2. The zero-order valence-corrected chi connectivity index (χ0v) is 14.8. The maximum absolute atomic E-state index is 6.14. The standard InChI is InChI=1S/C19H20N4OS/c1-2-24-17-12-10-16(11-13-17)18-21-22-19(23(18)20)25-14-6-9-15-7-4-3-5-8-15/h3-13H,2,14,20H2,1H3. The zero-order valence-electron chi connectivity index (χ0n) is 14.0. The summed E-state index contributed by atoms with van der Waals surface area (Å²) in [5.74, 6) is 8.38. The molecule has 1 heterocycles. The summed E-state index contributed by atoms with van der Waals surface area (Å²) in [5.41, 5.74) is 2.08. The first kappa shape index (κ1) is 17.1. The third kappa shape index (κ3) is 4.42. The lowest BCUT2D eigenvalue weighted by Gasteiger charge is -2.05. The number of hydrogen-bond donors (Lipinski definition) is 1. The second kappa shape index (κ2) is 8.39. The summed E-state index contributed by atoms with van der Waals surface area (Å²) < 4.78 is 6.97. The molecule has 0 aliphatic rings. The first-order valence-corrected chi connectivity index (χ1v) is 9.04. The highest BCUT2D eigenvalue weighted by molar-refractivity contribution is 7.99. The molecule has 3 rings (SSSR count). The van der Waals surface area contributed by atoms with Gasteiger partial charge >= 0.3 is 0 Å². The molecule has 0 saturated carbocycles. The highest BCUT2D eigenvalue weighted by atomic mass is 32.2. The monoisotopic (exact) mass is 352 g/mol. The van der Waals surface area contributed by atoms with Gasteiger partial charge < -0.3 is 10.6 Å². The maximum atomic E-state index is 6.14. The van der Waals surface area contributed by atoms with Gasteiger partial charge in [0.05, 0.1) is 6.61 Å². The molecule has 0 spiro atoms. The molecule has 2 aromatic carbocycles. The summed E-state index contributed by atoms with van der Waals surface area (Å²) in [5, 5.41) is 9.06. The predicted octanol–water partition coefficient (Wildman–Crippen LogP) is 3.86. The lowest BCUT2D eigenvalue weighted by molar-refractivity contribution is 0.340. The average molecular weight is 352 g/mol. The Bertz CT molecular complexity index is 828. The number of rotatable bonds is 7. The number of ether oxygens (including phenoxy) is 1. The molecule has 0 atom stereocenters. The van der Waals surface area contributed by atoms with E-state index >= 15 is 0 Å². The minimum absolute atomic E-state index is 0.637. The van der Waals surface area contributed by atoms with Gasteiger partial charge in [0.15, 0.2) is 5.82 Å². The summed E-state index contributed by atoms with van der Waals surface area (Å²) in [7, 11) is 0. The smallest absolute Gasteiger partial charge is 0.210 e. The number of nitrogens with zero attached hydrogens (tertiary/aromatic N) is 3. The van der Waals surface area contributed by atoms with Crippen LogP contribution in [0.3, 0.4) is 0 Å². The largest absolute Gasteiger partial charge is 0.494 e. The van der Waals surface area contributed by atoms with Crippen molar-refractivity contribution in [3.05, 3.63) is 66.2 Å². The molecule has 25 heavy (non-hydrogen) atoms. The van der Waals surface area contributed by atoms with Crippen LogP contribution in [0, 0.1) is 0 Å². The van der Waals surface area contributed by atoms with E-state index in [2.05, 4.69) is 34.5 Å². The SMILES string of the molecule is CCOc1ccc(-c2nnc(SCC=Cc3ccccc3)n2N)cc1. The number of nitrogen functional groups attached to an aromatic ring is 1. The van der Waals surface area contributed by atoms with Crippen LogP contribution < -0.4 is 10.6 Å². The fourth-order valence-corrected chi connectivity index (χ4v) is 2.98. The van der Waals surface area contributed by atoms with Crippen molar-refractivity contribution >= 4 is 17.8 Å². The molecule has 0 radical (unpaired) electrons. The third-order valence-corrected chi connectivity index (χ3v) is 4.40. The fourth-order valence-electron chi connectivity index (χ4n) is 2.31. The minimum Gasteiger partial charge on any atom is -0.494 e. The molecule has 2 N–H and O–H groups in total. The molecule has 128 valence electrons. The quantitative estimate of drug-likeness (QED) is 0.516. The second-order valence-corrected chi connectivity index (χ2v) is 6.24. The van der Waals surface area contributed by atoms with Crippen LogP contribution in [-0.2, 0) is 0 Å². The van der Waals surface area contributed by atoms with E-state index in [1.165, 1.54) is 10.2 Å². The molecule has 6 heteroatoms. The van der Waals surface area contributed by atoms with Crippen LogP contribution in [0.25, 0.3) is 17.5 Å². The van der Waals surface area contributed by atoms with Gasteiger partial charge in [-0.25, -0.2) is 4.68 Å². The molecule has 0 unspecified atom stereocenters. The van der Waals surface area contributed by atoms with Gasteiger partial charge in [0, 0.05) is 11.3 Å². The maximum Gasteiger partial charge on any atom is 0.210 e. The molecule has 1 aromatic heterocycles. The first-order valence-electron chi connectivity index (χ1n) is 8.06. The van der Waals surface area contributed by atoms with Crippen molar-refractivity contribution in [1.29, 1.82) is 0 Å². The Morgan fingerprint density at radius 2 is 1.84 bits per heavy atom. The molecular formula is C19H20N4OS. The van der Waals surface area contributed by atoms with E-state index in [0.717, 1.165) is 17.1 Å². The normalized spacial score (nSPS) is 11.1. The van der Waals surface area contributed by atoms with Crippen LogP contribution in [0.1, 0.15) is 12.5 Å². The Hall–Kier alpha value is -2.73. The summed E-state index contributed by atoms with van der Waals surface area (Å²) >= 11 is 1.55. The first-order chi connectivity index (χ1) is 12.3. The van der Waals surface area contributed by atoms with Gasteiger partial charge in [-0.1, -0.05) is 54.2 Å². The topological polar surface area (TPSA) is 66.0 Å². The van der Waals surface area contributed by atoms with Crippen molar-refractivity contribution in [2.75, 3.05) is 18.2 Å². The predicted molar refractivity (Wildman–Crippen MR) is 103 cm³/mol. The molecule has 0 saturated heterocycles. The van der Waals surface area contributed by atoms with Gasteiger partial charge in [-0.3, -0.25) is 0 Å². The summed E-state index contributed by atoms with van der Waals surface area (Å²) in [6.45, 7) is 2.60. The fraction of sp³-hybridized carbons (Fsp3) is 0.158. The Kier molecular flexibility index (Phi) is 5.74. The summed E-state index contributed by atoms with van der Waals surface area (Å²) in [4.78, 5) is 0. The number of hydrogen-bond acceptors (Lipinski definition) is 5. The molecular weight excluding hydrogens is 332 g/mol. The van der Waals surface area contributed by atoms with Crippen LogP contribution in [0.15, 0.2) is 65.8 Å². The van der Waals surface area contributed by atoms with Crippen LogP contribution in [0.2, 0.25) is 0 Å². The van der Waals surface area contributed by atoms with Crippen molar-refractivity contribution in [1.82, 2.24) is 14.9 Å². The van der Waals surface area contributed by atoms with Crippen LogP contribution in [0.5, 0.6) is 5.75 Å². The van der Waals surface area contributed by atoms with E-state index in [4.69, 9.17) is 10.6 Å². The Labute approximate surface area is 151 Å². The van der Waals surface area contributed by atoms with Crippen molar-refractivity contribution in [2.45, 2.75) is 12.1 Å². The zero-order chi connectivity index (χ0) is 17.5. The van der Waals surface area contributed by atoms with E-state index in [9.17, 15) is 0 Å². The Balaban J connectivity index is 1.63. The van der Waals surface area contributed by atoms with Crippen LogP contribution in [0.4, 0.5) is 0 Å². The highest BCUT2D eigenvalue weighted by Gasteiger charge is 2.11. The molecule has 0 aliphatic heterocycles. The lowest BCUT2D eigenvalue weighted by Crippen LogP contribution is -2.11. The molecule has 0 aliphatic carbocycles. The van der Waals surface area contributed by atoms with E-state index in [1.54, 1.807) is 11.8 Å². The molecule has 5 nitrogen and oxygen atoms in total. The molecule has 0 bridgehead atoms. The van der Waals surface area contributed by atoms with E-state index < -0.39 is 0 Å². The summed E-state index contributed by atoms with van der Waals surface area (Å²) in [6.07, 6.45) is 4.17. The molecule has 0 amide bonds. The second-order valence-electron chi connectivity index (χ2n) is 5.26. The van der Waals surface area contributed by atoms with Gasteiger partial charge in [-0.2, -0.15) is 0 Å². The van der Waals surface area contributed by atoms with Crippen LogP contribution in [-0.4, -0.2) is 27.2 Å².